The Bertz CT molecular complexity index is 184. The molecule has 0 spiro atoms. The van der Waals surface area contributed by atoms with E-state index in [1.165, 1.54) is 6.66 Å². The number of carbonyl (C=O) groups is 1. The van der Waals surface area contributed by atoms with Crippen LogP contribution < -0.4 is 0 Å². The standard InChI is InChI=1S/C6H13O5P/c1-12(9,10)5-2-6(8)11-4-3-7/h7H,2-5H2,1H3,(H,9,10). The molecule has 0 aliphatic heterocycles. The summed E-state index contributed by atoms with van der Waals surface area (Å²) in [6, 6.07) is 0. The highest BCUT2D eigenvalue weighted by Gasteiger charge is 2.13. The number of carbonyl (C=O) groups excluding carboxylic acids is 1. The molecule has 0 aromatic carbocycles. The van der Waals surface area contributed by atoms with Crippen molar-refractivity contribution in [3.05, 3.63) is 0 Å². The van der Waals surface area contributed by atoms with E-state index in [-0.39, 0.29) is 25.8 Å². The molecular weight excluding hydrogens is 183 g/mol. The number of hydrogen-bond donors (Lipinski definition) is 2. The lowest BCUT2D eigenvalue weighted by Crippen LogP contribution is -2.09. The second-order valence-electron chi connectivity index (χ2n) is 2.47. The molecule has 72 valence electrons. The SMILES string of the molecule is CP(=O)(O)CCC(=O)OCCO. The van der Waals surface area contributed by atoms with Crippen molar-refractivity contribution in [2.45, 2.75) is 6.42 Å². The van der Waals surface area contributed by atoms with E-state index in [0.29, 0.717) is 0 Å². The largest absolute Gasteiger partial charge is 0.463 e. The van der Waals surface area contributed by atoms with E-state index in [2.05, 4.69) is 4.74 Å². The summed E-state index contributed by atoms with van der Waals surface area (Å²) in [5.41, 5.74) is 0. The summed E-state index contributed by atoms with van der Waals surface area (Å²) in [4.78, 5) is 19.5. The molecule has 0 aliphatic rings. The van der Waals surface area contributed by atoms with Crippen molar-refractivity contribution in [1.29, 1.82) is 0 Å². The van der Waals surface area contributed by atoms with Gasteiger partial charge in [0.15, 0.2) is 7.37 Å². The molecule has 2 N–H and O–H groups in total. The molecular formula is C6H13O5P. The van der Waals surface area contributed by atoms with Crippen molar-refractivity contribution in [1.82, 2.24) is 0 Å². The molecule has 0 heterocycles. The first-order valence-electron chi connectivity index (χ1n) is 3.51. The highest BCUT2D eigenvalue weighted by molar-refractivity contribution is 7.57. The fourth-order valence-electron chi connectivity index (χ4n) is 0.530. The molecule has 0 saturated carbocycles. The molecule has 1 unspecified atom stereocenters. The van der Waals surface area contributed by atoms with E-state index in [1.807, 2.05) is 0 Å². The van der Waals surface area contributed by atoms with Crippen molar-refractivity contribution in [2.75, 3.05) is 26.0 Å². The number of aliphatic hydroxyl groups is 1. The Balaban J connectivity index is 3.51. The van der Waals surface area contributed by atoms with Crippen LogP contribution in [-0.2, 0) is 14.1 Å². The maximum absolute atomic E-state index is 10.7. The fraction of sp³-hybridized carbons (Fsp3) is 0.833. The Morgan fingerprint density at radius 3 is 2.58 bits per heavy atom. The number of rotatable bonds is 5. The molecule has 12 heavy (non-hydrogen) atoms. The van der Waals surface area contributed by atoms with Crippen LogP contribution in [-0.4, -0.2) is 42.0 Å². The summed E-state index contributed by atoms with van der Waals surface area (Å²) in [5.74, 6) is -0.555. The minimum Gasteiger partial charge on any atom is -0.463 e. The highest BCUT2D eigenvalue weighted by Crippen LogP contribution is 2.35. The molecule has 0 fully saturated rings. The average molecular weight is 196 g/mol. The van der Waals surface area contributed by atoms with Crippen LogP contribution in [0.2, 0.25) is 0 Å². The summed E-state index contributed by atoms with van der Waals surface area (Å²) >= 11 is 0. The van der Waals surface area contributed by atoms with Gasteiger partial charge in [0.2, 0.25) is 0 Å². The van der Waals surface area contributed by atoms with Crippen molar-refractivity contribution in [3.63, 3.8) is 0 Å². The zero-order valence-corrected chi connectivity index (χ0v) is 7.79. The molecule has 6 heteroatoms. The van der Waals surface area contributed by atoms with Crippen LogP contribution in [0.25, 0.3) is 0 Å². The molecule has 0 aromatic rings. The molecule has 5 nitrogen and oxygen atoms in total. The third-order valence-electron chi connectivity index (χ3n) is 1.09. The smallest absolute Gasteiger partial charge is 0.306 e. The van der Waals surface area contributed by atoms with Crippen molar-refractivity contribution in [2.24, 2.45) is 0 Å². The fourth-order valence-corrected chi connectivity index (χ4v) is 1.13. The van der Waals surface area contributed by atoms with Crippen LogP contribution in [0, 0.1) is 0 Å². The summed E-state index contributed by atoms with van der Waals surface area (Å²) in [6.07, 6.45) is -0.151. The Hall–Kier alpha value is -0.380. The van der Waals surface area contributed by atoms with Gasteiger partial charge in [-0.25, -0.2) is 0 Å². The summed E-state index contributed by atoms with van der Waals surface area (Å²) in [6.45, 7) is 0.902. The summed E-state index contributed by atoms with van der Waals surface area (Å²) in [7, 11) is -3.12. The Kier molecular flexibility index (Phi) is 5.13. The van der Waals surface area contributed by atoms with Crippen LogP contribution >= 0.6 is 7.37 Å². The Morgan fingerprint density at radius 2 is 2.17 bits per heavy atom. The third-order valence-corrected chi connectivity index (χ3v) is 2.14. The third kappa shape index (κ3) is 7.72. The first-order chi connectivity index (χ1) is 5.45. The van der Waals surface area contributed by atoms with Crippen LogP contribution in [0.5, 0.6) is 0 Å². The van der Waals surface area contributed by atoms with Crippen molar-refractivity contribution >= 4 is 13.3 Å². The minimum atomic E-state index is -3.12. The lowest BCUT2D eigenvalue weighted by Gasteiger charge is -2.04. The second kappa shape index (κ2) is 5.30. The van der Waals surface area contributed by atoms with Crippen LogP contribution in [0.1, 0.15) is 6.42 Å². The lowest BCUT2D eigenvalue weighted by molar-refractivity contribution is -0.144. The second-order valence-corrected chi connectivity index (χ2v) is 5.02. The molecule has 0 rings (SSSR count). The van der Waals surface area contributed by atoms with E-state index in [4.69, 9.17) is 10.00 Å². The molecule has 0 aliphatic carbocycles. The van der Waals surface area contributed by atoms with Gasteiger partial charge in [0, 0.05) is 12.8 Å². The van der Waals surface area contributed by atoms with Gasteiger partial charge < -0.3 is 14.7 Å². The van der Waals surface area contributed by atoms with Crippen LogP contribution in [0.3, 0.4) is 0 Å². The van der Waals surface area contributed by atoms with Crippen LogP contribution in [0.15, 0.2) is 0 Å². The number of hydrogen-bond acceptors (Lipinski definition) is 4. The normalized spacial score (nSPS) is 15.2. The van der Waals surface area contributed by atoms with Gasteiger partial charge in [0.1, 0.15) is 6.61 Å². The number of aliphatic hydroxyl groups excluding tert-OH is 1. The van der Waals surface area contributed by atoms with E-state index in [1.54, 1.807) is 0 Å². The lowest BCUT2D eigenvalue weighted by atomic mass is 10.5. The molecule has 1 atom stereocenters. The van der Waals surface area contributed by atoms with E-state index in [0.717, 1.165) is 0 Å². The topological polar surface area (TPSA) is 83.8 Å². The van der Waals surface area contributed by atoms with Crippen molar-refractivity contribution < 1.29 is 24.1 Å². The first kappa shape index (κ1) is 11.6. The van der Waals surface area contributed by atoms with Gasteiger partial charge in [-0.15, -0.1) is 0 Å². The summed E-state index contributed by atoms with van der Waals surface area (Å²) in [5, 5.41) is 8.26. The zero-order chi connectivity index (χ0) is 9.61. The minimum absolute atomic E-state index is 0.0573. The Morgan fingerprint density at radius 1 is 1.58 bits per heavy atom. The van der Waals surface area contributed by atoms with Gasteiger partial charge >= 0.3 is 5.97 Å². The molecule has 0 saturated heterocycles. The van der Waals surface area contributed by atoms with Crippen molar-refractivity contribution in [3.8, 4) is 0 Å². The first-order valence-corrected chi connectivity index (χ1v) is 5.80. The summed E-state index contributed by atoms with van der Waals surface area (Å²) < 4.78 is 15.2. The van der Waals surface area contributed by atoms with E-state index in [9.17, 15) is 9.36 Å². The predicted octanol–water partition coefficient (Wildman–Crippen LogP) is -0.188. The maximum Gasteiger partial charge on any atom is 0.306 e. The van der Waals surface area contributed by atoms with Gasteiger partial charge in [-0.1, -0.05) is 0 Å². The van der Waals surface area contributed by atoms with E-state index >= 15 is 0 Å². The zero-order valence-electron chi connectivity index (χ0n) is 6.89. The average Bonchev–Trinajstić information content (AvgIpc) is 1.95. The predicted molar refractivity (Wildman–Crippen MR) is 43.3 cm³/mol. The quantitative estimate of drug-likeness (QED) is 0.470. The molecule has 0 bridgehead atoms. The number of ether oxygens (including phenoxy) is 1. The highest BCUT2D eigenvalue weighted by atomic mass is 31.2. The van der Waals surface area contributed by atoms with Gasteiger partial charge in [0.05, 0.1) is 13.0 Å². The van der Waals surface area contributed by atoms with Gasteiger partial charge in [-0.05, 0) is 0 Å². The maximum atomic E-state index is 10.7. The Labute approximate surface area is 70.8 Å². The molecule has 0 radical (unpaired) electrons. The monoisotopic (exact) mass is 196 g/mol. The molecule has 0 amide bonds. The van der Waals surface area contributed by atoms with Gasteiger partial charge in [0.25, 0.3) is 0 Å². The van der Waals surface area contributed by atoms with E-state index < -0.39 is 13.3 Å². The number of esters is 1. The molecule has 0 aromatic heterocycles. The van der Waals surface area contributed by atoms with Gasteiger partial charge in [-0.2, -0.15) is 0 Å². The van der Waals surface area contributed by atoms with Crippen LogP contribution in [0.4, 0.5) is 0 Å². The van der Waals surface area contributed by atoms with Gasteiger partial charge in [-0.3, -0.25) is 9.36 Å².